The molecule has 0 aliphatic carbocycles. The number of halogens is 3. The van der Waals surface area contributed by atoms with Gasteiger partial charge in [-0.2, -0.15) is 0 Å². The smallest absolute Gasteiger partial charge is 0.194 e. The lowest BCUT2D eigenvalue weighted by molar-refractivity contribution is 0.361. The van der Waals surface area contributed by atoms with Gasteiger partial charge in [0.05, 0.1) is 6.20 Å². The topological polar surface area (TPSA) is 22.1 Å². The fourth-order valence-electron chi connectivity index (χ4n) is 1.03. The second kappa shape index (κ2) is 5.59. The average molecular weight is 267 g/mol. The molecule has 1 rings (SSSR count). The van der Waals surface area contributed by atoms with Gasteiger partial charge in [0.2, 0.25) is 0 Å². The maximum Gasteiger partial charge on any atom is 0.194 e. The third-order valence-electron chi connectivity index (χ3n) is 1.54. The molecule has 0 aromatic carbocycles. The van der Waals surface area contributed by atoms with Crippen molar-refractivity contribution in [3.05, 3.63) is 36.7 Å². The summed E-state index contributed by atoms with van der Waals surface area (Å²) in [5, 5.41) is 0. The molecule has 1 aromatic heterocycles. The molecule has 0 saturated heterocycles. The molecule has 0 fully saturated rings. The molecule has 0 amide bonds. The summed E-state index contributed by atoms with van der Waals surface area (Å²) in [6.07, 6.45) is 5.20. The van der Waals surface area contributed by atoms with Gasteiger partial charge in [0, 0.05) is 12.6 Å². The van der Waals surface area contributed by atoms with Crippen LogP contribution in [0.4, 0.5) is 0 Å². The van der Waals surface area contributed by atoms with Gasteiger partial charge >= 0.3 is 0 Å². The van der Waals surface area contributed by atoms with Gasteiger partial charge in [0.25, 0.3) is 0 Å². The normalized spacial score (nSPS) is 11.1. The summed E-state index contributed by atoms with van der Waals surface area (Å²) in [6.45, 7) is 3.98. The summed E-state index contributed by atoms with van der Waals surface area (Å²) in [5.74, 6) is 0.640. The summed E-state index contributed by atoms with van der Waals surface area (Å²) in [4.78, 5) is 3.99. The van der Waals surface area contributed by atoms with Crippen LogP contribution in [0, 0.1) is 0 Å². The Morgan fingerprint density at radius 2 is 2.13 bits per heavy atom. The van der Waals surface area contributed by atoms with E-state index in [1.54, 1.807) is 24.5 Å². The number of hydrogen-bond donors (Lipinski definition) is 0. The van der Waals surface area contributed by atoms with Crippen molar-refractivity contribution in [2.24, 2.45) is 0 Å². The molecule has 0 aliphatic rings. The van der Waals surface area contributed by atoms with Crippen molar-refractivity contribution < 1.29 is 4.74 Å². The molecule has 15 heavy (non-hydrogen) atoms. The number of hydrogen-bond acceptors (Lipinski definition) is 2. The zero-order valence-corrected chi connectivity index (χ0v) is 10.2. The molecule has 0 unspecified atom stereocenters. The number of ether oxygens (including phenoxy) is 1. The third kappa shape index (κ3) is 5.26. The highest BCUT2D eigenvalue weighted by Crippen LogP contribution is 2.30. The van der Waals surface area contributed by atoms with Gasteiger partial charge in [-0.3, -0.25) is 4.98 Å². The molecule has 2 nitrogen and oxygen atoms in total. The molecule has 0 saturated carbocycles. The first-order valence-corrected chi connectivity index (χ1v) is 5.39. The highest BCUT2D eigenvalue weighted by Gasteiger charge is 2.20. The van der Waals surface area contributed by atoms with Crippen LogP contribution < -0.4 is 4.74 Å². The highest BCUT2D eigenvalue weighted by molar-refractivity contribution is 6.67. The van der Waals surface area contributed by atoms with E-state index in [0.29, 0.717) is 18.8 Å². The molecule has 0 radical (unpaired) electrons. The molecule has 1 aromatic rings. The summed E-state index contributed by atoms with van der Waals surface area (Å²) in [6, 6.07) is 1.79. The number of aromatic nitrogens is 1. The van der Waals surface area contributed by atoms with E-state index in [0.717, 1.165) is 5.56 Å². The van der Waals surface area contributed by atoms with E-state index in [9.17, 15) is 0 Å². The molecular weight excluding hydrogens is 256 g/mol. The van der Waals surface area contributed by atoms with Crippen molar-refractivity contribution in [1.82, 2.24) is 4.98 Å². The molecule has 1 heterocycles. The predicted octanol–water partition coefficient (Wildman–Crippen LogP) is 3.56. The van der Waals surface area contributed by atoms with E-state index in [1.807, 2.05) is 0 Å². The third-order valence-corrected chi connectivity index (χ3v) is 1.94. The summed E-state index contributed by atoms with van der Waals surface area (Å²) < 4.78 is 3.99. The van der Waals surface area contributed by atoms with Crippen molar-refractivity contribution >= 4 is 34.8 Å². The molecule has 0 bridgehead atoms. The van der Waals surface area contributed by atoms with Crippen LogP contribution in [0.25, 0.3) is 0 Å². The molecule has 0 atom stereocenters. The number of nitrogens with zero attached hydrogens (tertiary/aromatic N) is 1. The lowest BCUT2D eigenvalue weighted by atomic mass is 10.2. The molecule has 5 heteroatoms. The second-order valence-corrected chi connectivity index (χ2v) is 5.44. The van der Waals surface area contributed by atoms with Gasteiger partial charge in [-0.1, -0.05) is 47.5 Å². The fraction of sp³-hybridized carbons (Fsp3) is 0.300. The zero-order valence-electron chi connectivity index (χ0n) is 7.92. The number of pyridine rings is 1. The first-order valence-electron chi connectivity index (χ1n) is 4.25. The minimum atomic E-state index is -1.31. The van der Waals surface area contributed by atoms with Gasteiger partial charge in [-0.05, 0) is 11.6 Å². The van der Waals surface area contributed by atoms with Crippen LogP contribution in [0.15, 0.2) is 31.1 Å². The zero-order chi connectivity index (χ0) is 11.3. The Labute approximate surface area is 104 Å². The summed E-state index contributed by atoms with van der Waals surface area (Å²) in [5.41, 5.74) is 0.816. The molecule has 0 spiro atoms. The van der Waals surface area contributed by atoms with Crippen LogP contribution >= 0.6 is 34.8 Å². The molecular formula is C10H10Cl3NO. The molecule has 0 aliphatic heterocycles. The van der Waals surface area contributed by atoms with Crippen molar-refractivity contribution in [1.29, 1.82) is 0 Å². The molecule has 0 N–H and O–H groups in total. The largest absolute Gasteiger partial charge is 0.488 e. The first kappa shape index (κ1) is 12.6. The second-order valence-electron chi connectivity index (χ2n) is 2.92. The van der Waals surface area contributed by atoms with Crippen LogP contribution in [0.1, 0.15) is 5.56 Å². The van der Waals surface area contributed by atoms with Crippen molar-refractivity contribution in [2.45, 2.75) is 10.2 Å². The van der Waals surface area contributed by atoms with Crippen molar-refractivity contribution in [3.8, 4) is 5.75 Å². The van der Waals surface area contributed by atoms with Gasteiger partial charge in [-0.15, -0.1) is 0 Å². The van der Waals surface area contributed by atoms with Crippen LogP contribution in [-0.2, 0) is 6.42 Å². The fourth-order valence-corrected chi connectivity index (χ4v) is 1.49. The number of rotatable bonds is 4. The van der Waals surface area contributed by atoms with Gasteiger partial charge < -0.3 is 4.74 Å². The van der Waals surface area contributed by atoms with Crippen LogP contribution in [-0.4, -0.2) is 15.4 Å². The van der Waals surface area contributed by atoms with Gasteiger partial charge in [0.1, 0.15) is 12.4 Å². The Bertz CT molecular complexity index is 336. The minimum Gasteiger partial charge on any atom is -0.488 e. The van der Waals surface area contributed by atoms with Crippen LogP contribution in [0.3, 0.4) is 0 Å². The van der Waals surface area contributed by atoms with E-state index in [1.165, 1.54) is 0 Å². The standard InChI is InChI=1S/C10H10Cl3NO/c1-2-3-15-9-4-8(6-14-7-9)5-10(11,12)13/h2,4,6-7H,1,3,5H2. The Morgan fingerprint density at radius 3 is 2.73 bits per heavy atom. The quantitative estimate of drug-likeness (QED) is 0.614. The monoisotopic (exact) mass is 265 g/mol. The van der Waals surface area contributed by atoms with Crippen molar-refractivity contribution in [3.63, 3.8) is 0 Å². The van der Waals surface area contributed by atoms with Crippen LogP contribution in [0.5, 0.6) is 5.75 Å². The predicted molar refractivity (Wildman–Crippen MR) is 63.9 cm³/mol. The Kier molecular flexibility index (Phi) is 4.71. The Hall–Kier alpha value is -0.440. The highest BCUT2D eigenvalue weighted by atomic mass is 35.6. The van der Waals surface area contributed by atoms with E-state index >= 15 is 0 Å². The maximum atomic E-state index is 5.67. The van der Waals surface area contributed by atoms with E-state index in [2.05, 4.69) is 11.6 Å². The van der Waals surface area contributed by atoms with E-state index in [4.69, 9.17) is 39.5 Å². The lowest BCUT2D eigenvalue weighted by Crippen LogP contribution is -2.07. The summed E-state index contributed by atoms with van der Waals surface area (Å²) >= 11 is 17.0. The van der Waals surface area contributed by atoms with E-state index in [-0.39, 0.29) is 0 Å². The Morgan fingerprint density at radius 1 is 1.40 bits per heavy atom. The molecule has 82 valence electrons. The average Bonchev–Trinajstić information content (AvgIpc) is 2.12. The SMILES string of the molecule is C=CCOc1cncc(CC(Cl)(Cl)Cl)c1. The first-order chi connectivity index (χ1) is 7.01. The van der Waals surface area contributed by atoms with E-state index < -0.39 is 3.79 Å². The van der Waals surface area contributed by atoms with Gasteiger partial charge in [-0.25, -0.2) is 0 Å². The number of alkyl halides is 3. The van der Waals surface area contributed by atoms with Crippen molar-refractivity contribution in [2.75, 3.05) is 6.61 Å². The minimum absolute atomic E-state index is 0.302. The summed E-state index contributed by atoms with van der Waals surface area (Å²) in [7, 11) is 0. The maximum absolute atomic E-state index is 5.67. The Balaban J connectivity index is 2.69. The van der Waals surface area contributed by atoms with Crippen LogP contribution in [0.2, 0.25) is 0 Å². The van der Waals surface area contributed by atoms with Gasteiger partial charge in [0.15, 0.2) is 3.79 Å². The lowest BCUT2D eigenvalue weighted by Gasteiger charge is -2.11.